The molecule has 6 heteroatoms. The lowest BCUT2D eigenvalue weighted by Crippen LogP contribution is -2.50. The smallest absolute Gasteiger partial charge is 0.325 e. The van der Waals surface area contributed by atoms with Gasteiger partial charge in [0.1, 0.15) is 12.6 Å². The van der Waals surface area contributed by atoms with Crippen LogP contribution in [0.3, 0.4) is 0 Å². The Kier molecular flexibility index (Phi) is 7.24. The molecule has 1 atom stereocenters. The molecule has 20 heavy (non-hydrogen) atoms. The summed E-state index contributed by atoms with van der Waals surface area (Å²) in [6.45, 7) is 11.0. The average molecular weight is 286 g/mol. The summed E-state index contributed by atoms with van der Waals surface area (Å²) in [7, 11) is 0. The maximum atomic E-state index is 12.2. The highest BCUT2D eigenvalue weighted by atomic mass is 16.5. The predicted molar refractivity (Wildman–Crippen MR) is 75.9 cm³/mol. The molecule has 0 aromatic carbocycles. The number of amides is 2. The van der Waals surface area contributed by atoms with Gasteiger partial charge in [0.2, 0.25) is 11.8 Å². The highest BCUT2D eigenvalue weighted by Gasteiger charge is 2.27. The first-order chi connectivity index (χ1) is 9.13. The molecule has 2 amide bonds. The summed E-state index contributed by atoms with van der Waals surface area (Å²) < 4.78 is 4.82. The molecule has 0 aliphatic heterocycles. The van der Waals surface area contributed by atoms with Gasteiger partial charge in [-0.3, -0.25) is 14.4 Å². The second kappa shape index (κ2) is 7.87. The number of nitrogens with one attached hydrogen (secondary N) is 1. The molecule has 0 aliphatic carbocycles. The van der Waals surface area contributed by atoms with Gasteiger partial charge in [0.15, 0.2) is 0 Å². The van der Waals surface area contributed by atoms with Crippen molar-refractivity contribution in [2.45, 2.75) is 47.6 Å². The van der Waals surface area contributed by atoms with Crippen LogP contribution < -0.4 is 5.32 Å². The molecule has 0 radical (unpaired) electrons. The molecule has 0 aromatic heterocycles. The SMILES string of the molecule is CCOC(=O)CN(CC)C(=O)C(C)NC(=O)C(C)(C)C. The lowest BCUT2D eigenvalue weighted by atomic mass is 9.95. The molecular weight excluding hydrogens is 260 g/mol. The van der Waals surface area contributed by atoms with Crippen LogP contribution in [0.2, 0.25) is 0 Å². The van der Waals surface area contributed by atoms with Crippen molar-refractivity contribution in [1.82, 2.24) is 10.2 Å². The van der Waals surface area contributed by atoms with E-state index in [9.17, 15) is 14.4 Å². The fraction of sp³-hybridized carbons (Fsp3) is 0.786. The zero-order valence-corrected chi connectivity index (χ0v) is 13.3. The second-order valence-electron chi connectivity index (χ2n) is 5.60. The summed E-state index contributed by atoms with van der Waals surface area (Å²) in [4.78, 5) is 36.8. The van der Waals surface area contributed by atoms with E-state index in [1.165, 1.54) is 4.90 Å². The molecule has 0 bridgehead atoms. The molecule has 1 unspecified atom stereocenters. The average Bonchev–Trinajstić information content (AvgIpc) is 2.34. The topological polar surface area (TPSA) is 75.7 Å². The van der Waals surface area contributed by atoms with Crippen LogP contribution in [0, 0.1) is 5.41 Å². The maximum absolute atomic E-state index is 12.2. The predicted octanol–water partition coefficient (Wildman–Crippen LogP) is 0.949. The van der Waals surface area contributed by atoms with E-state index < -0.39 is 17.4 Å². The van der Waals surface area contributed by atoms with Gasteiger partial charge in [-0.1, -0.05) is 20.8 Å². The van der Waals surface area contributed by atoms with Crippen LogP contribution in [-0.2, 0) is 19.1 Å². The maximum Gasteiger partial charge on any atom is 0.325 e. The lowest BCUT2D eigenvalue weighted by molar-refractivity contribution is -0.149. The molecule has 0 fully saturated rings. The standard InChI is InChI=1S/C14H26N2O4/c1-7-16(9-11(17)20-8-2)12(18)10(3)15-13(19)14(4,5)6/h10H,7-9H2,1-6H3,(H,15,19). The number of esters is 1. The van der Waals surface area contributed by atoms with Crippen LogP contribution in [0.5, 0.6) is 0 Å². The van der Waals surface area contributed by atoms with Crippen LogP contribution in [0.4, 0.5) is 0 Å². The Balaban J connectivity index is 4.60. The number of hydrogen-bond acceptors (Lipinski definition) is 4. The van der Waals surface area contributed by atoms with Crippen LogP contribution in [0.15, 0.2) is 0 Å². The number of ether oxygens (including phenoxy) is 1. The summed E-state index contributed by atoms with van der Waals surface area (Å²) in [5, 5.41) is 2.66. The number of carbonyl (C=O) groups is 3. The van der Waals surface area contributed by atoms with E-state index in [0.717, 1.165) is 0 Å². The first-order valence-corrected chi connectivity index (χ1v) is 6.88. The van der Waals surface area contributed by atoms with Gasteiger partial charge in [-0.2, -0.15) is 0 Å². The Hall–Kier alpha value is -1.59. The Morgan fingerprint density at radius 3 is 2.15 bits per heavy atom. The fourth-order valence-electron chi connectivity index (χ4n) is 1.46. The zero-order chi connectivity index (χ0) is 15.9. The summed E-state index contributed by atoms with van der Waals surface area (Å²) in [5.41, 5.74) is -0.563. The van der Waals surface area contributed by atoms with E-state index in [1.54, 1.807) is 41.5 Å². The van der Waals surface area contributed by atoms with Gasteiger partial charge in [0.05, 0.1) is 6.61 Å². The molecule has 0 rings (SSSR count). The fourth-order valence-corrected chi connectivity index (χ4v) is 1.46. The van der Waals surface area contributed by atoms with Crippen molar-refractivity contribution in [1.29, 1.82) is 0 Å². The highest BCUT2D eigenvalue weighted by molar-refractivity contribution is 5.90. The molecule has 0 saturated carbocycles. The zero-order valence-electron chi connectivity index (χ0n) is 13.3. The normalized spacial score (nSPS) is 12.5. The number of rotatable bonds is 6. The van der Waals surface area contributed by atoms with Gasteiger partial charge in [-0.05, 0) is 20.8 Å². The molecule has 0 spiro atoms. The van der Waals surface area contributed by atoms with Gasteiger partial charge >= 0.3 is 5.97 Å². The first kappa shape index (κ1) is 18.4. The van der Waals surface area contributed by atoms with E-state index in [0.29, 0.717) is 6.54 Å². The monoisotopic (exact) mass is 286 g/mol. The van der Waals surface area contributed by atoms with Crippen molar-refractivity contribution in [2.24, 2.45) is 5.41 Å². The summed E-state index contributed by atoms with van der Waals surface area (Å²) in [5.74, 6) is -0.944. The molecule has 116 valence electrons. The molecule has 1 N–H and O–H groups in total. The van der Waals surface area contributed by atoms with Gasteiger partial charge in [-0.25, -0.2) is 0 Å². The largest absolute Gasteiger partial charge is 0.465 e. The number of hydrogen-bond donors (Lipinski definition) is 1. The van der Waals surface area contributed by atoms with Crippen molar-refractivity contribution >= 4 is 17.8 Å². The quantitative estimate of drug-likeness (QED) is 0.738. The van der Waals surface area contributed by atoms with E-state index in [-0.39, 0.29) is 25.0 Å². The third-order valence-electron chi connectivity index (χ3n) is 2.72. The molecular formula is C14H26N2O4. The van der Waals surface area contributed by atoms with E-state index >= 15 is 0 Å². The van der Waals surface area contributed by atoms with Crippen LogP contribution in [-0.4, -0.2) is 48.4 Å². The minimum absolute atomic E-state index is 0.0983. The van der Waals surface area contributed by atoms with Crippen LogP contribution >= 0.6 is 0 Å². The van der Waals surface area contributed by atoms with Crippen LogP contribution in [0.1, 0.15) is 41.5 Å². The molecule has 6 nitrogen and oxygen atoms in total. The van der Waals surface area contributed by atoms with Gasteiger partial charge in [-0.15, -0.1) is 0 Å². The van der Waals surface area contributed by atoms with Crippen molar-refractivity contribution in [3.05, 3.63) is 0 Å². The second-order valence-corrected chi connectivity index (χ2v) is 5.60. The van der Waals surface area contributed by atoms with E-state index in [4.69, 9.17) is 4.74 Å². The molecule has 0 heterocycles. The van der Waals surface area contributed by atoms with Crippen molar-refractivity contribution in [3.63, 3.8) is 0 Å². The first-order valence-electron chi connectivity index (χ1n) is 6.88. The Morgan fingerprint density at radius 2 is 1.75 bits per heavy atom. The minimum atomic E-state index is -0.670. The summed E-state index contributed by atoms with van der Waals surface area (Å²) >= 11 is 0. The molecule has 0 aromatic rings. The van der Waals surface area contributed by atoms with Crippen LogP contribution in [0.25, 0.3) is 0 Å². The van der Waals surface area contributed by atoms with Crippen molar-refractivity contribution in [2.75, 3.05) is 19.7 Å². The van der Waals surface area contributed by atoms with Gasteiger partial charge < -0.3 is 15.0 Å². The third kappa shape index (κ3) is 6.04. The van der Waals surface area contributed by atoms with E-state index in [2.05, 4.69) is 5.32 Å². The van der Waals surface area contributed by atoms with Crippen molar-refractivity contribution in [3.8, 4) is 0 Å². The number of nitrogens with zero attached hydrogens (tertiary/aromatic N) is 1. The Bertz CT molecular complexity index is 361. The lowest BCUT2D eigenvalue weighted by Gasteiger charge is -2.26. The van der Waals surface area contributed by atoms with Gasteiger partial charge in [0.25, 0.3) is 0 Å². The Morgan fingerprint density at radius 1 is 1.20 bits per heavy atom. The number of carbonyl (C=O) groups excluding carboxylic acids is 3. The molecule has 0 aliphatic rings. The van der Waals surface area contributed by atoms with E-state index in [1.807, 2.05) is 0 Å². The third-order valence-corrected chi connectivity index (χ3v) is 2.72. The van der Waals surface area contributed by atoms with Gasteiger partial charge in [0, 0.05) is 12.0 Å². The highest BCUT2D eigenvalue weighted by Crippen LogP contribution is 2.13. The number of likely N-dealkylation sites (N-methyl/N-ethyl adjacent to an activating group) is 1. The van der Waals surface area contributed by atoms with Crippen molar-refractivity contribution < 1.29 is 19.1 Å². The summed E-state index contributed by atoms with van der Waals surface area (Å²) in [6.07, 6.45) is 0. The Labute approximate surface area is 120 Å². The molecule has 0 saturated heterocycles. The minimum Gasteiger partial charge on any atom is -0.465 e. The summed E-state index contributed by atoms with van der Waals surface area (Å²) in [6, 6.07) is -0.670.